The van der Waals surface area contributed by atoms with Crippen molar-refractivity contribution in [2.45, 2.75) is 77.4 Å². The molecule has 0 aliphatic carbocycles. The Bertz CT molecular complexity index is 238. The van der Waals surface area contributed by atoms with E-state index in [4.69, 9.17) is 17.4 Å². The van der Waals surface area contributed by atoms with E-state index in [1.165, 1.54) is 51.4 Å². The second-order valence-corrected chi connectivity index (χ2v) is 13.3. The van der Waals surface area contributed by atoms with E-state index >= 15 is 0 Å². The summed E-state index contributed by atoms with van der Waals surface area (Å²) in [6, 6.07) is 1.13. The van der Waals surface area contributed by atoms with Gasteiger partial charge >= 0.3 is 9.05 Å². The molecule has 0 aromatic carbocycles. The molecule has 0 atom stereocenters. The smallest absolute Gasteiger partial charge is 0.394 e. The average Bonchev–Trinajstić information content (AvgIpc) is 2.47. The molecule has 0 fully saturated rings. The van der Waals surface area contributed by atoms with E-state index in [9.17, 15) is 0 Å². The lowest BCUT2D eigenvalue weighted by atomic mass is 10.1. The molecule has 0 spiro atoms. The van der Waals surface area contributed by atoms with E-state index in [-0.39, 0.29) is 0 Å². The molecule has 0 aromatic rings. The molecule has 0 amide bonds. The van der Waals surface area contributed by atoms with E-state index in [0.29, 0.717) is 0 Å². The van der Waals surface area contributed by atoms with Crippen LogP contribution in [-0.4, -0.2) is 38.7 Å². The molecule has 21 heavy (non-hydrogen) atoms. The maximum atomic E-state index is 6.14. The molecular weight excluding hydrogens is 300 g/mol. The highest BCUT2D eigenvalue weighted by Gasteiger charge is 2.47. The van der Waals surface area contributed by atoms with Gasteiger partial charge in [-0.15, -0.1) is 0 Å². The van der Waals surface area contributed by atoms with Gasteiger partial charge in [-0.2, -0.15) is 0 Å². The van der Waals surface area contributed by atoms with Gasteiger partial charge in [-0.05, 0) is 19.1 Å². The first-order valence-corrected chi connectivity index (χ1v) is 13.1. The van der Waals surface area contributed by atoms with Crippen LogP contribution in [0.15, 0.2) is 0 Å². The van der Waals surface area contributed by atoms with Gasteiger partial charge in [0, 0.05) is 21.3 Å². The summed E-state index contributed by atoms with van der Waals surface area (Å²) in [5.74, 6) is 0. The van der Waals surface area contributed by atoms with Gasteiger partial charge < -0.3 is 17.4 Å². The van der Waals surface area contributed by atoms with Gasteiger partial charge in [-0.3, -0.25) is 0 Å². The average molecular weight is 337 g/mol. The van der Waals surface area contributed by atoms with Crippen molar-refractivity contribution in [2.75, 3.05) is 21.3 Å². The zero-order valence-electron chi connectivity index (χ0n) is 15.0. The Hall–Kier alpha value is 0.274. The molecule has 0 unspecified atom stereocenters. The molecule has 128 valence electrons. The highest BCUT2D eigenvalue weighted by atomic mass is 28.5. The van der Waals surface area contributed by atoms with Gasteiger partial charge in [0.2, 0.25) is 0 Å². The molecule has 0 radical (unpaired) electrons. The van der Waals surface area contributed by atoms with Gasteiger partial charge in [0.1, 0.15) is 0 Å². The van der Waals surface area contributed by atoms with Gasteiger partial charge in [0.05, 0.1) is 0 Å². The van der Waals surface area contributed by atoms with E-state index in [0.717, 1.165) is 6.04 Å². The lowest BCUT2D eigenvalue weighted by Gasteiger charge is -2.32. The fourth-order valence-corrected chi connectivity index (χ4v) is 8.17. The van der Waals surface area contributed by atoms with Gasteiger partial charge in [0.15, 0.2) is 8.32 Å². The van der Waals surface area contributed by atoms with Crippen molar-refractivity contribution in [2.24, 2.45) is 0 Å². The zero-order valence-corrected chi connectivity index (χ0v) is 17.0. The van der Waals surface area contributed by atoms with Crippen LogP contribution < -0.4 is 0 Å². The van der Waals surface area contributed by atoms with Crippen LogP contribution in [-0.2, 0) is 17.4 Å². The van der Waals surface area contributed by atoms with Crippen LogP contribution in [0.5, 0.6) is 0 Å². The Morgan fingerprint density at radius 2 is 1.10 bits per heavy atom. The first kappa shape index (κ1) is 21.3. The molecule has 0 saturated carbocycles. The van der Waals surface area contributed by atoms with E-state index < -0.39 is 17.4 Å². The van der Waals surface area contributed by atoms with E-state index in [2.05, 4.69) is 20.0 Å². The van der Waals surface area contributed by atoms with Crippen molar-refractivity contribution in [1.82, 2.24) is 0 Å². The first-order chi connectivity index (χ1) is 9.95. The van der Waals surface area contributed by atoms with Crippen LogP contribution in [0.3, 0.4) is 0 Å². The normalized spacial score (nSPS) is 12.9. The summed E-state index contributed by atoms with van der Waals surface area (Å²) in [7, 11) is 0.114. The van der Waals surface area contributed by atoms with Crippen LogP contribution in [0.2, 0.25) is 19.1 Å². The highest BCUT2D eigenvalue weighted by molar-refractivity contribution is 6.78. The maximum absolute atomic E-state index is 6.14. The highest BCUT2D eigenvalue weighted by Crippen LogP contribution is 2.23. The van der Waals surface area contributed by atoms with Gasteiger partial charge in [-0.25, -0.2) is 0 Å². The Labute approximate surface area is 134 Å². The monoisotopic (exact) mass is 336 g/mol. The fraction of sp³-hybridized carbons (Fsp3) is 1.00. The molecule has 6 heteroatoms. The summed E-state index contributed by atoms with van der Waals surface area (Å²) in [4.78, 5) is 0. The summed E-state index contributed by atoms with van der Waals surface area (Å²) < 4.78 is 22.2. The Morgan fingerprint density at radius 3 is 1.52 bits per heavy atom. The first-order valence-electron chi connectivity index (χ1n) is 8.31. The van der Waals surface area contributed by atoms with Crippen LogP contribution in [0.4, 0.5) is 0 Å². The van der Waals surface area contributed by atoms with Crippen molar-refractivity contribution < 1.29 is 17.4 Å². The lowest BCUT2D eigenvalue weighted by Crippen LogP contribution is -2.53. The standard InChI is InChI=1S/C15H36O4Si2/c1-7-8-9-10-11-12-13-14-15-20(5,6)19-21(16-2,17-3)18-4/h7-15H2,1-6H3. The second kappa shape index (κ2) is 11.8. The lowest BCUT2D eigenvalue weighted by molar-refractivity contribution is 0.0478. The third kappa shape index (κ3) is 9.81. The van der Waals surface area contributed by atoms with Crippen molar-refractivity contribution in [3.63, 3.8) is 0 Å². The summed E-state index contributed by atoms with van der Waals surface area (Å²) in [5.41, 5.74) is 0. The van der Waals surface area contributed by atoms with Crippen LogP contribution >= 0.6 is 0 Å². The maximum Gasteiger partial charge on any atom is 0.668 e. The van der Waals surface area contributed by atoms with E-state index in [1.54, 1.807) is 21.3 Å². The minimum absolute atomic E-state index is 1.13. The molecule has 0 saturated heterocycles. The molecule has 0 aliphatic rings. The molecule has 0 bridgehead atoms. The quantitative estimate of drug-likeness (QED) is 0.340. The Balaban J connectivity index is 3.86. The van der Waals surface area contributed by atoms with Crippen molar-refractivity contribution >= 4 is 17.4 Å². The number of hydrogen-bond donors (Lipinski definition) is 0. The minimum atomic E-state index is -2.88. The van der Waals surface area contributed by atoms with E-state index in [1.807, 2.05) is 0 Å². The van der Waals surface area contributed by atoms with Crippen LogP contribution in [0.25, 0.3) is 0 Å². The summed E-state index contributed by atoms with van der Waals surface area (Å²) in [6.45, 7) is 6.69. The predicted octanol–water partition coefficient (Wildman–Crippen LogP) is 4.72. The molecule has 0 heterocycles. The topological polar surface area (TPSA) is 36.9 Å². The van der Waals surface area contributed by atoms with Gasteiger partial charge in [0.25, 0.3) is 0 Å². The second-order valence-electron chi connectivity index (χ2n) is 6.20. The number of unbranched alkanes of at least 4 members (excludes halogenated alkanes) is 7. The molecule has 0 aliphatic heterocycles. The molecule has 0 rings (SSSR count). The Morgan fingerprint density at radius 1 is 0.667 bits per heavy atom. The molecule has 0 aromatic heterocycles. The largest absolute Gasteiger partial charge is 0.668 e. The summed E-state index contributed by atoms with van der Waals surface area (Å²) in [5, 5.41) is 0. The molecule has 0 N–H and O–H groups in total. The summed E-state index contributed by atoms with van der Waals surface area (Å²) >= 11 is 0. The Kier molecular flexibility index (Phi) is 11.9. The van der Waals surface area contributed by atoms with Crippen molar-refractivity contribution in [1.29, 1.82) is 0 Å². The third-order valence-electron chi connectivity index (χ3n) is 3.78. The van der Waals surface area contributed by atoms with Crippen LogP contribution in [0.1, 0.15) is 58.3 Å². The SMILES string of the molecule is CCCCCCCCCC[Si](C)(C)O[Si](OC)(OC)OC. The van der Waals surface area contributed by atoms with Crippen molar-refractivity contribution in [3.05, 3.63) is 0 Å². The number of hydrogen-bond acceptors (Lipinski definition) is 4. The summed E-state index contributed by atoms with van der Waals surface area (Å²) in [6.07, 6.45) is 10.7. The van der Waals surface area contributed by atoms with Gasteiger partial charge in [-0.1, -0.05) is 58.3 Å². The third-order valence-corrected chi connectivity index (χ3v) is 10.1. The predicted molar refractivity (Wildman–Crippen MR) is 92.8 cm³/mol. The molecular formula is C15H36O4Si2. The van der Waals surface area contributed by atoms with Crippen molar-refractivity contribution in [3.8, 4) is 0 Å². The molecule has 4 nitrogen and oxygen atoms in total. The zero-order chi connectivity index (χ0) is 16.2. The fourth-order valence-electron chi connectivity index (χ4n) is 2.45. The number of rotatable bonds is 14. The minimum Gasteiger partial charge on any atom is -0.394 e. The van der Waals surface area contributed by atoms with Crippen LogP contribution in [0, 0.1) is 0 Å².